The van der Waals surface area contributed by atoms with Gasteiger partial charge in [-0.3, -0.25) is 0 Å². The van der Waals surface area contributed by atoms with Crippen LogP contribution in [0.1, 0.15) is 60.3 Å². The summed E-state index contributed by atoms with van der Waals surface area (Å²) in [6, 6.07) is 0. The van der Waals surface area contributed by atoms with Crippen LogP contribution in [0.3, 0.4) is 0 Å². The van der Waals surface area contributed by atoms with Gasteiger partial charge in [-0.05, 0) is 13.0 Å². The average Bonchev–Trinajstić information content (AvgIpc) is 2.10. The van der Waals surface area contributed by atoms with Crippen molar-refractivity contribution in [2.75, 3.05) is 6.54 Å². The predicted octanol–water partition coefficient (Wildman–Crippen LogP) is 3.58. The van der Waals surface area contributed by atoms with E-state index in [1.54, 1.807) is 0 Å². The zero-order valence-electron chi connectivity index (χ0n) is 9.11. The zero-order chi connectivity index (χ0) is 9.54. The molecule has 0 spiro atoms. The molecule has 0 unspecified atom stereocenters. The smallest absolute Gasteiger partial charge is 0.00774 e. The highest BCUT2D eigenvalue weighted by Crippen LogP contribution is 1.77. The maximum atomic E-state index is 5.14. The number of hydrogen-bond acceptors (Lipinski definition) is 1. The van der Waals surface area contributed by atoms with Crippen molar-refractivity contribution in [3.8, 4) is 0 Å². The topological polar surface area (TPSA) is 26.0 Å². The molecule has 0 amide bonds. The van der Waals surface area contributed by atoms with Crippen LogP contribution in [0, 0.1) is 0 Å². The molecule has 0 saturated carbocycles. The molecular weight excluding hydrogens is 134 g/mol. The summed E-state index contributed by atoms with van der Waals surface area (Å²) in [5.41, 5.74) is 5.14. The van der Waals surface area contributed by atoms with Crippen LogP contribution in [-0.4, -0.2) is 6.54 Å². The van der Waals surface area contributed by atoms with Crippen molar-refractivity contribution in [1.29, 1.82) is 0 Å². The number of hydrogen-bond donors (Lipinski definition) is 1. The van der Waals surface area contributed by atoms with Gasteiger partial charge in [-0.1, -0.05) is 53.9 Å². The minimum absolute atomic E-state index is 0.844. The maximum absolute atomic E-state index is 5.14. The fourth-order valence-corrected chi connectivity index (χ4v) is 0.204. The molecule has 0 aliphatic heterocycles. The van der Waals surface area contributed by atoms with Gasteiger partial charge in [0.05, 0.1) is 0 Å². The van der Waals surface area contributed by atoms with E-state index in [1.165, 1.54) is 25.7 Å². The van der Waals surface area contributed by atoms with Crippen LogP contribution in [0.5, 0.6) is 0 Å². The molecule has 0 aliphatic carbocycles. The SMILES string of the molecule is CC.CCCC.CCCCN. The molecule has 0 atom stereocenters. The number of rotatable bonds is 3. The first-order valence-corrected chi connectivity index (χ1v) is 5.03. The lowest BCUT2D eigenvalue weighted by molar-refractivity contribution is 0.807. The highest BCUT2D eigenvalue weighted by molar-refractivity contribution is 4.29. The van der Waals surface area contributed by atoms with Gasteiger partial charge in [-0.25, -0.2) is 0 Å². The molecular formula is C10H27N. The first-order chi connectivity index (χ1) is 5.33. The minimum atomic E-state index is 0.844. The van der Waals surface area contributed by atoms with Crippen LogP contribution in [0.2, 0.25) is 0 Å². The van der Waals surface area contributed by atoms with E-state index in [9.17, 15) is 0 Å². The van der Waals surface area contributed by atoms with E-state index >= 15 is 0 Å². The molecule has 2 N–H and O–H groups in total. The second kappa shape index (κ2) is 32.5. The second-order valence-electron chi connectivity index (χ2n) is 2.14. The molecule has 11 heavy (non-hydrogen) atoms. The molecule has 1 nitrogen and oxygen atoms in total. The van der Waals surface area contributed by atoms with Crippen molar-refractivity contribution < 1.29 is 0 Å². The summed E-state index contributed by atoms with van der Waals surface area (Å²) in [5.74, 6) is 0. The Morgan fingerprint density at radius 1 is 0.818 bits per heavy atom. The summed E-state index contributed by atoms with van der Waals surface area (Å²) in [4.78, 5) is 0. The lowest BCUT2D eigenvalue weighted by Gasteiger charge is -1.80. The monoisotopic (exact) mass is 161 g/mol. The third-order valence-corrected chi connectivity index (χ3v) is 1.06. The highest BCUT2D eigenvalue weighted by Gasteiger charge is 1.67. The zero-order valence-corrected chi connectivity index (χ0v) is 9.11. The van der Waals surface area contributed by atoms with Crippen molar-refractivity contribution >= 4 is 0 Å². The number of nitrogens with two attached hydrogens (primary N) is 1. The molecule has 0 radical (unpaired) electrons. The molecule has 72 valence electrons. The van der Waals surface area contributed by atoms with E-state index in [-0.39, 0.29) is 0 Å². The van der Waals surface area contributed by atoms with Crippen LogP contribution >= 0.6 is 0 Å². The fraction of sp³-hybridized carbons (Fsp3) is 1.00. The average molecular weight is 161 g/mol. The first kappa shape index (κ1) is 17.2. The van der Waals surface area contributed by atoms with Gasteiger partial charge in [0.2, 0.25) is 0 Å². The van der Waals surface area contributed by atoms with Crippen molar-refractivity contribution in [3.05, 3.63) is 0 Å². The van der Waals surface area contributed by atoms with Gasteiger partial charge in [0.1, 0.15) is 0 Å². The summed E-state index contributed by atoms with van der Waals surface area (Å²) in [7, 11) is 0. The van der Waals surface area contributed by atoms with Crippen LogP contribution in [0.15, 0.2) is 0 Å². The van der Waals surface area contributed by atoms with Gasteiger partial charge >= 0.3 is 0 Å². The van der Waals surface area contributed by atoms with E-state index in [2.05, 4.69) is 20.8 Å². The maximum Gasteiger partial charge on any atom is -0.00774 e. The van der Waals surface area contributed by atoms with E-state index in [0.717, 1.165) is 6.54 Å². The normalized spacial score (nSPS) is 7.09. The Morgan fingerprint density at radius 3 is 1.18 bits per heavy atom. The molecule has 1 heteroatoms. The van der Waals surface area contributed by atoms with E-state index in [0.29, 0.717) is 0 Å². The van der Waals surface area contributed by atoms with Crippen molar-refractivity contribution in [2.45, 2.75) is 60.3 Å². The second-order valence-corrected chi connectivity index (χ2v) is 2.14. The predicted molar refractivity (Wildman–Crippen MR) is 55.9 cm³/mol. The Hall–Kier alpha value is -0.0400. The summed E-state index contributed by atoms with van der Waals surface area (Å²) >= 11 is 0. The molecule has 0 aliphatic rings. The van der Waals surface area contributed by atoms with Crippen LogP contribution in [-0.2, 0) is 0 Å². The van der Waals surface area contributed by atoms with Gasteiger partial charge in [0.25, 0.3) is 0 Å². The van der Waals surface area contributed by atoms with Crippen LogP contribution in [0.4, 0.5) is 0 Å². The van der Waals surface area contributed by atoms with Gasteiger partial charge in [-0.2, -0.15) is 0 Å². The first-order valence-electron chi connectivity index (χ1n) is 5.03. The van der Waals surface area contributed by atoms with Crippen LogP contribution < -0.4 is 5.73 Å². The van der Waals surface area contributed by atoms with Crippen molar-refractivity contribution in [3.63, 3.8) is 0 Å². The van der Waals surface area contributed by atoms with E-state index in [4.69, 9.17) is 5.73 Å². The van der Waals surface area contributed by atoms with Crippen molar-refractivity contribution in [2.24, 2.45) is 5.73 Å². The summed E-state index contributed by atoms with van der Waals surface area (Å²) in [5, 5.41) is 0. The van der Waals surface area contributed by atoms with Gasteiger partial charge in [0, 0.05) is 0 Å². The van der Waals surface area contributed by atoms with Gasteiger partial charge < -0.3 is 5.73 Å². The Bertz CT molecular complexity index is 24.1. The van der Waals surface area contributed by atoms with Gasteiger partial charge in [-0.15, -0.1) is 0 Å². The van der Waals surface area contributed by atoms with E-state index in [1.807, 2.05) is 13.8 Å². The molecule has 0 bridgehead atoms. The van der Waals surface area contributed by atoms with E-state index < -0.39 is 0 Å². The Kier molecular flexibility index (Phi) is 50.7. The molecule has 0 aromatic carbocycles. The third-order valence-electron chi connectivity index (χ3n) is 1.06. The molecule has 0 fully saturated rings. The lowest BCUT2D eigenvalue weighted by atomic mass is 10.3. The summed E-state index contributed by atoms with van der Waals surface area (Å²) < 4.78 is 0. The molecule has 0 heterocycles. The Morgan fingerprint density at radius 2 is 1.18 bits per heavy atom. The molecule has 0 saturated heterocycles. The largest absolute Gasteiger partial charge is 0.330 e. The minimum Gasteiger partial charge on any atom is -0.330 e. The lowest BCUT2D eigenvalue weighted by Crippen LogP contribution is -1.95. The number of unbranched alkanes of at least 4 members (excludes halogenated alkanes) is 2. The Labute approximate surface area is 73.4 Å². The van der Waals surface area contributed by atoms with Gasteiger partial charge in [0.15, 0.2) is 0 Å². The standard InChI is InChI=1S/C4H11N.C4H10.C2H6/c1-2-3-4-5;1-3-4-2;1-2/h2-5H2,1H3;3-4H2,1-2H3;1-2H3. The fourth-order valence-electron chi connectivity index (χ4n) is 0.204. The molecule has 0 rings (SSSR count). The molecule has 0 aromatic rings. The summed E-state index contributed by atoms with van der Waals surface area (Å²) in [6.07, 6.45) is 5.02. The molecule has 0 aromatic heterocycles. The van der Waals surface area contributed by atoms with Crippen molar-refractivity contribution in [1.82, 2.24) is 0 Å². The summed E-state index contributed by atoms with van der Waals surface area (Å²) in [6.45, 7) is 11.3. The third kappa shape index (κ3) is 72.0. The quantitative estimate of drug-likeness (QED) is 0.672. The highest BCUT2D eigenvalue weighted by atomic mass is 14.5. The Balaban J connectivity index is -0.0000000965. The van der Waals surface area contributed by atoms with Crippen LogP contribution in [0.25, 0.3) is 0 Å².